The van der Waals surface area contributed by atoms with Crippen LogP contribution in [0.2, 0.25) is 0 Å². The molecule has 2 aromatic rings. The molecule has 24 heavy (non-hydrogen) atoms. The third-order valence-corrected chi connectivity index (χ3v) is 6.41. The van der Waals surface area contributed by atoms with Gasteiger partial charge in [-0.05, 0) is 55.4 Å². The van der Waals surface area contributed by atoms with Gasteiger partial charge in [0, 0.05) is 39.3 Å². The van der Waals surface area contributed by atoms with Crippen molar-refractivity contribution in [3.8, 4) is 0 Å². The Bertz CT molecular complexity index is 966. The number of aliphatic carboxylic acids is 1. The second-order valence-electron chi connectivity index (χ2n) is 6.66. The fraction of sp³-hybridized carbons (Fsp3) is 0.412. The molecule has 7 heteroatoms. The van der Waals surface area contributed by atoms with Crippen LogP contribution in [0.5, 0.6) is 0 Å². The number of pyridine rings is 1. The number of aromatic nitrogens is 1. The molecule has 0 aliphatic heterocycles. The number of carbonyl (C=O) groups is 1. The summed E-state index contributed by atoms with van der Waals surface area (Å²) in [5, 5.41) is 10.6. The molecule has 2 aliphatic carbocycles. The van der Waals surface area contributed by atoms with Gasteiger partial charge >= 0.3 is 5.97 Å². The van der Waals surface area contributed by atoms with Crippen LogP contribution in [0, 0.1) is 5.92 Å². The van der Waals surface area contributed by atoms with Gasteiger partial charge in [-0.1, -0.05) is 0 Å². The summed E-state index contributed by atoms with van der Waals surface area (Å²) in [7, 11) is 1.76. The molecule has 1 saturated carbocycles. The van der Waals surface area contributed by atoms with E-state index in [4.69, 9.17) is 10.7 Å². The number of carboxylic acids is 1. The largest absolute Gasteiger partial charge is 0.481 e. The first-order valence-corrected chi connectivity index (χ1v) is 10.3. The lowest BCUT2D eigenvalue weighted by atomic mass is 9.82. The maximum Gasteiger partial charge on any atom is 0.306 e. The SMILES string of the molecule is O=C(O)C1CCc2cc3cnc(C4CC4)cc3c(S(=O)(=O)Cl)c2C1. The Hall–Kier alpha value is -1.66. The van der Waals surface area contributed by atoms with Gasteiger partial charge in [0.05, 0.1) is 10.8 Å². The highest BCUT2D eigenvalue weighted by Gasteiger charge is 2.32. The van der Waals surface area contributed by atoms with Crippen molar-refractivity contribution in [1.29, 1.82) is 0 Å². The van der Waals surface area contributed by atoms with Crippen LogP contribution in [0.1, 0.15) is 42.0 Å². The van der Waals surface area contributed by atoms with Crippen LogP contribution in [0.25, 0.3) is 10.8 Å². The van der Waals surface area contributed by atoms with Gasteiger partial charge in [-0.25, -0.2) is 8.42 Å². The second-order valence-corrected chi connectivity index (χ2v) is 9.17. The predicted octanol–water partition coefficient (Wildman–Crippen LogP) is 3.23. The molecule has 0 bridgehead atoms. The van der Waals surface area contributed by atoms with E-state index in [0.29, 0.717) is 29.7 Å². The molecule has 1 N–H and O–H groups in total. The quantitative estimate of drug-likeness (QED) is 0.844. The first kappa shape index (κ1) is 15.8. The molecule has 0 spiro atoms. The third-order valence-electron chi connectivity index (χ3n) is 4.99. The number of halogens is 1. The lowest BCUT2D eigenvalue weighted by Crippen LogP contribution is -2.23. The minimum atomic E-state index is -3.99. The average Bonchev–Trinajstić information content (AvgIpc) is 3.35. The van der Waals surface area contributed by atoms with Gasteiger partial charge in [-0.3, -0.25) is 9.78 Å². The molecule has 0 radical (unpaired) electrons. The molecule has 0 saturated heterocycles. The minimum absolute atomic E-state index is 0.0758. The summed E-state index contributed by atoms with van der Waals surface area (Å²) in [6.07, 6.45) is 5.07. The smallest absolute Gasteiger partial charge is 0.306 e. The summed E-state index contributed by atoms with van der Waals surface area (Å²) in [5.41, 5.74) is 2.30. The van der Waals surface area contributed by atoms with Gasteiger partial charge in [0.2, 0.25) is 0 Å². The molecule has 1 aromatic carbocycles. The monoisotopic (exact) mass is 365 g/mol. The maximum atomic E-state index is 12.3. The summed E-state index contributed by atoms with van der Waals surface area (Å²) in [4.78, 5) is 15.9. The second kappa shape index (κ2) is 5.43. The summed E-state index contributed by atoms with van der Waals surface area (Å²) in [6, 6.07) is 3.74. The van der Waals surface area contributed by atoms with E-state index in [-0.39, 0.29) is 11.3 Å². The number of fused-ring (bicyclic) bond motifs is 2. The molecule has 5 nitrogen and oxygen atoms in total. The minimum Gasteiger partial charge on any atom is -0.481 e. The van der Waals surface area contributed by atoms with Gasteiger partial charge in [0.1, 0.15) is 0 Å². The molecular weight excluding hydrogens is 350 g/mol. The number of benzene rings is 1. The fourth-order valence-corrected chi connectivity index (χ4v) is 5.07. The zero-order chi connectivity index (χ0) is 17.1. The summed E-state index contributed by atoms with van der Waals surface area (Å²) >= 11 is 0. The standard InChI is InChI=1S/C17H16ClNO4S/c18-24(22,23)16-13-6-11(17(20)21)4-3-10(13)5-12-8-19-15(7-14(12)16)9-1-2-9/h5,7-9,11H,1-4,6H2,(H,20,21). The Morgan fingerprint density at radius 2 is 2.00 bits per heavy atom. The van der Waals surface area contributed by atoms with E-state index in [0.717, 1.165) is 29.5 Å². The molecular formula is C17H16ClNO4S. The molecule has 1 fully saturated rings. The number of hydrogen-bond acceptors (Lipinski definition) is 4. The predicted molar refractivity (Wildman–Crippen MR) is 89.9 cm³/mol. The van der Waals surface area contributed by atoms with Crippen LogP contribution in [0.3, 0.4) is 0 Å². The van der Waals surface area contributed by atoms with E-state index in [1.54, 1.807) is 6.20 Å². The lowest BCUT2D eigenvalue weighted by molar-refractivity contribution is -0.142. The highest BCUT2D eigenvalue weighted by molar-refractivity contribution is 8.14. The fourth-order valence-electron chi connectivity index (χ4n) is 3.59. The Kier molecular flexibility index (Phi) is 3.58. The zero-order valence-electron chi connectivity index (χ0n) is 12.8. The van der Waals surface area contributed by atoms with Gasteiger partial charge in [0.25, 0.3) is 9.05 Å². The Morgan fingerprint density at radius 1 is 1.25 bits per heavy atom. The number of aryl methyl sites for hydroxylation is 1. The first-order chi connectivity index (χ1) is 11.3. The number of carboxylic acid groups (broad SMARTS) is 1. The van der Waals surface area contributed by atoms with Crippen molar-refractivity contribution in [2.45, 2.75) is 42.9 Å². The van der Waals surface area contributed by atoms with Crippen molar-refractivity contribution < 1.29 is 18.3 Å². The van der Waals surface area contributed by atoms with Gasteiger partial charge in [-0.2, -0.15) is 0 Å². The first-order valence-electron chi connectivity index (χ1n) is 7.96. The molecule has 0 amide bonds. The van der Waals surface area contributed by atoms with E-state index < -0.39 is 20.9 Å². The van der Waals surface area contributed by atoms with E-state index in [1.165, 1.54) is 0 Å². The van der Waals surface area contributed by atoms with Crippen molar-refractivity contribution in [3.05, 3.63) is 35.2 Å². The van der Waals surface area contributed by atoms with Crippen LogP contribution in [0.4, 0.5) is 0 Å². The van der Waals surface area contributed by atoms with Crippen LogP contribution in [-0.4, -0.2) is 24.5 Å². The normalized spacial score (nSPS) is 20.8. The zero-order valence-corrected chi connectivity index (χ0v) is 14.4. The maximum absolute atomic E-state index is 12.3. The molecule has 1 heterocycles. The van der Waals surface area contributed by atoms with Crippen LogP contribution < -0.4 is 0 Å². The Labute approximate surface area is 144 Å². The van der Waals surface area contributed by atoms with E-state index in [9.17, 15) is 18.3 Å². The molecule has 1 aromatic heterocycles. The van der Waals surface area contributed by atoms with Crippen LogP contribution >= 0.6 is 10.7 Å². The average molecular weight is 366 g/mol. The number of hydrogen-bond donors (Lipinski definition) is 1. The highest BCUT2D eigenvalue weighted by atomic mass is 35.7. The van der Waals surface area contributed by atoms with Crippen molar-refractivity contribution in [1.82, 2.24) is 4.98 Å². The van der Waals surface area contributed by atoms with Crippen molar-refractivity contribution >= 4 is 36.5 Å². The van der Waals surface area contributed by atoms with Gasteiger partial charge < -0.3 is 5.11 Å². The summed E-state index contributed by atoms with van der Waals surface area (Å²) in [6.45, 7) is 0. The molecule has 126 valence electrons. The summed E-state index contributed by atoms with van der Waals surface area (Å²) in [5.74, 6) is -1.08. The topological polar surface area (TPSA) is 84.3 Å². The molecule has 2 aliphatic rings. The third kappa shape index (κ3) is 2.67. The van der Waals surface area contributed by atoms with Crippen LogP contribution in [0.15, 0.2) is 23.2 Å². The van der Waals surface area contributed by atoms with E-state index >= 15 is 0 Å². The van der Waals surface area contributed by atoms with E-state index in [1.807, 2.05) is 12.1 Å². The van der Waals surface area contributed by atoms with Crippen molar-refractivity contribution in [3.63, 3.8) is 0 Å². The lowest BCUT2D eigenvalue weighted by Gasteiger charge is -2.24. The van der Waals surface area contributed by atoms with Gasteiger partial charge in [-0.15, -0.1) is 0 Å². The van der Waals surface area contributed by atoms with Crippen molar-refractivity contribution in [2.75, 3.05) is 0 Å². The number of rotatable bonds is 3. The number of nitrogens with zero attached hydrogens (tertiary/aromatic N) is 1. The molecule has 1 unspecified atom stereocenters. The van der Waals surface area contributed by atoms with E-state index in [2.05, 4.69) is 4.98 Å². The molecule has 1 atom stereocenters. The molecule has 4 rings (SSSR count). The Morgan fingerprint density at radius 3 is 2.62 bits per heavy atom. The van der Waals surface area contributed by atoms with Crippen LogP contribution in [-0.2, 0) is 26.7 Å². The highest BCUT2D eigenvalue weighted by Crippen LogP contribution is 2.42. The van der Waals surface area contributed by atoms with Gasteiger partial charge in [0.15, 0.2) is 0 Å². The Balaban J connectivity index is 1.99. The van der Waals surface area contributed by atoms with Crippen molar-refractivity contribution in [2.24, 2.45) is 5.92 Å². The summed E-state index contributed by atoms with van der Waals surface area (Å²) < 4.78 is 24.6.